The third-order valence-electron chi connectivity index (χ3n) is 2.36. The van der Waals surface area contributed by atoms with Gasteiger partial charge >= 0.3 is 6.09 Å². The summed E-state index contributed by atoms with van der Waals surface area (Å²) >= 11 is 11.9. The fourth-order valence-electron chi connectivity index (χ4n) is 1.43. The van der Waals surface area contributed by atoms with Crippen LogP contribution in [0.2, 0.25) is 10.0 Å². The van der Waals surface area contributed by atoms with Gasteiger partial charge in [0.1, 0.15) is 12.0 Å². The van der Waals surface area contributed by atoms with E-state index in [2.05, 4.69) is 15.3 Å². The van der Waals surface area contributed by atoms with Crippen LogP contribution in [0.4, 0.5) is 4.79 Å². The quantitative estimate of drug-likeness (QED) is 0.530. The number of nitrogens with zero attached hydrogens (tertiary/aromatic N) is 1. The number of carbonyl (C=O) groups excluding carboxylic acids is 1. The van der Waals surface area contributed by atoms with E-state index in [9.17, 15) is 4.79 Å². The molecule has 1 aromatic heterocycles. The Balaban J connectivity index is 2.14. The average Bonchev–Trinajstić information content (AvgIpc) is 2.87. The van der Waals surface area contributed by atoms with E-state index in [1.165, 1.54) is 19.5 Å². The maximum absolute atomic E-state index is 10.8. The van der Waals surface area contributed by atoms with Gasteiger partial charge in [0.05, 0.1) is 11.2 Å². The van der Waals surface area contributed by atoms with Crippen LogP contribution in [0.3, 0.4) is 0 Å². The van der Waals surface area contributed by atoms with Crippen molar-refractivity contribution in [3.8, 4) is 11.3 Å². The van der Waals surface area contributed by atoms with E-state index < -0.39 is 6.09 Å². The van der Waals surface area contributed by atoms with Gasteiger partial charge in [0.15, 0.2) is 0 Å². The van der Waals surface area contributed by atoms with Gasteiger partial charge in [-0.3, -0.25) is 4.84 Å². The summed E-state index contributed by atoms with van der Waals surface area (Å²) in [5.74, 6) is 0.563. The monoisotopic (exact) mass is 312 g/mol. The summed E-state index contributed by atoms with van der Waals surface area (Å²) in [5, 5.41) is 6.80. The molecular formula is C13H10Cl2N2O3. The van der Waals surface area contributed by atoms with Crippen LogP contribution >= 0.6 is 23.2 Å². The Bertz CT molecular complexity index is 653. The first kappa shape index (κ1) is 14.4. The van der Waals surface area contributed by atoms with Gasteiger partial charge in [0.2, 0.25) is 0 Å². The number of carbonyl (C=O) groups is 1. The Morgan fingerprint density at radius 3 is 2.90 bits per heavy atom. The third kappa shape index (κ3) is 3.53. The maximum Gasteiger partial charge on any atom is 0.433 e. The molecule has 0 aliphatic carbocycles. The first-order valence-corrected chi connectivity index (χ1v) is 6.32. The molecule has 0 radical (unpaired) electrons. The molecular weight excluding hydrogens is 303 g/mol. The standard InChI is InChI=1S/C13H10Cl2N2O3/c1-16-13(18)20-17-6-8-4-12(19-7-8)10-3-2-9(14)5-11(10)15/h2-7H,1H3,(H,16,18). The highest BCUT2D eigenvalue weighted by Crippen LogP contribution is 2.31. The molecule has 1 amide bonds. The summed E-state index contributed by atoms with van der Waals surface area (Å²) in [7, 11) is 1.44. The zero-order valence-electron chi connectivity index (χ0n) is 10.4. The largest absolute Gasteiger partial charge is 0.464 e. The Morgan fingerprint density at radius 2 is 2.20 bits per heavy atom. The Kier molecular flexibility index (Phi) is 4.65. The number of nitrogens with one attached hydrogen (secondary N) is 1. The first-order valence-electron chi connectivity index (χ1n) is 5.56. The zero-order valence-corrected chi connectivity index (χ0v) is 11.9. The molecule has 0 bridgehead atoms. The first-order chi connectivity index (χ1) is 9.60. The van der Waals surface area contributed by atoms with Gasteiger partial charge in [-0.15, -0.1) is 0 Å². The minimum atomic E-state index is -0.647. The molecule has 0 unspecified atom stereocenters. The fourth-order valence-corrected chi connectivity index (χ4v) is 1.93. The normalized spacial score (nSPS) is 10.8. The van der Waals surface area contributed by atoms with Crippen molar-refractivity contribution in [2.75, 3.05) is 7.05 Å². The van der Waals surface area contributed by atoms with Gasteiger partial charge in [-0.1, -0.05) is 28.4 Å². The van der Waals surface area contributed by atoms with Gasteiger partial charge in [0.25, 0.3) is 0 Å². The number of halogens is 2. The van der Waals surface area contributed by atoms with Gasteiger partial charge in [-0.25, -0.2) is 4.79 Å². The highest BCUT2D eigenvalue weighted by molar-refractivity contribution is 6.36. The number of oxime groups is 1. The summed E-state index contributed by atoms with van der Waals surface area (Å²) in [6, 6.07) is 6.81. The van der Waals surface area contributed by atoms with Gasteiger partial charge in [-0.05, 0) is 24.3 Å². The van der Waals surface area contributed by atoms with E-state index in [1.54, 1.807) is 24.3 Å². The molecule has 1 N–H and O–H groups in total. The molecule has 20 heavy (non-hydrogen) atoms. The lowest BCUT2D eigenvalue weighted by Crippen LogP contribution is -2.16. The number of hydrogen-bond acceptors (Lipinski definition) is 4. The minimum absolute atomic E-state index is 0.483. The van der Waals surface area contributed by atoms with E-state index in [1.807, 2.05) is 0 Å². The number of benzene rings is 1. The predicted molar refractivity (Wildman–Crippen MR) is 77.3 cm³/mol. The van der Waals surface area contributed by atoms with Crippen LogP contribution in [-0.4, -0.2) is 19.4 Å². The third-order valence-corrected chi connectivity index (χ3v) is 2.91. The van der Waals surface area contributed by atoms with Crippen molar-refractivity contribution in [3.05, 3.63) is 46.1 Å². The van der Waals surface area contributed by atoms with E-state index in [0.29, 0.717) is 26.9 Å². The number of furan rings is 1. The average molecular weight is 313 g/mol. The molecule has 0 saturated heterocycles. The fraction of sp³-hybridized carbons (Fsp3) is 0.0769. The second-order valence-electron chi connectivity index (χ2n) is 3.73. The smallest absolute Gasteiger partial charge is 0.433 e. The van der Waals surface area contributed by atoms with Crippen LogP contribution < -0.4 is 5.32 Å². The van der Waals surface area contributed by atoms with E-state index in [-0.39, 0.29) is 0 Å². The van der Waals surface area contributed by atoms with E-state index in [4.69, 9.17) is 27.6 Å². The van der Waals surface area contributed by atoms with Crippen molar-refractivity contribution >= 4 is 35.5 Å². The lowest BCUT2D eigenvalue weighted by atomic mass is 10.1. The van der Waals surface area contributed by atoms with Gasteiger partial charge < -0.3 is 9.73 Å². The van der Waals surface area contributed by atoms with Crippen molar-refractivity contribution in [1.29, 1.82) is 0 Å². The molecule has 0 saturated carbocycles. The molecule has 0 aliphatic rings. The SMILES string of the molecule is CNC(=O)ON=Cc1coc(-c2ccc(Cl)cc2Cl)c1. The topological polar surface area (TPSA) is 63.8 Å². The predicted octanol–water partition coefficient (Wildman–Crippen LogP) is 3.94. The van der Waals surface area contributed by atoms with Crippen molar-refractivity contribution in [3.63, 3.8) is 0 Å². The highest BCUT2D eigenvalue weighted by Gasteiger charge is 2.08. The van der Waals surface area contributed by atoms with Gasteiger partial charge in [-0.2, -0.15) is 0 Å². The van der Waals surface area contributed by atoms with Crippen LogP contribution in [0.15, 0.2) is 40.1 Å². The molecule has 0 spiro atoms. The Labute approximate surface area is 125 Å². The van der Waals surface area contributed by atoms with E-state index >= 15 is 0 Å². The summed E-state index contributed by atoms with van der Waals surface area (Å²) < 4.78 is 5.38. The van der Waals surface area contributed by atoms with E-state index in [0.717, 1.165) is 0 Å². The number of amides is 1. The van der Waals surface area contributed by atoms with Crippen LogP contribution in [0.5, 0.6) is 0 Å². The highest BCUT2D eigenvalue weighted by atomic mass is 35.5. The summed E-state index contributed by atoms with van der Waals surface area (Å²) in [6.07, 6.45) is 2.17. The summed E-state index contributed by atoms with van der Waals surface area (Å²) in [5.41, 5.74) is 1.35. The number of rotatable bonds is 3. The van der Waals surface area contributed by atoms with Crippen molar-refractivity contribution in [1.82, 2.24) is 5.32 Å². The molecule has 7 heteroatoms. The van der Waals surface area contributed by atoms with Crippen LogP contribution in [0, 0.1) is 0 Å². The lowest BCUT2D eigenvalue weighted by Gasteiger charge is -2.00. The van der Waals surface area contributed by atoms with Crippen molar-refractivity contribution in [2.45, 2.75) is 0 Å². The molecule has 2 aromatic rings. The summed E-state index contributed by atoms with van der Waals surface area (Å²) in [4.78, 5) is 15.3. The summed E-state index contributed by atoms with van der Waals surface area (Å²) in [6.45, 7) is 0. The van der Waals surface area contributed by atoms with Gasteiger partial charge in [0, 0.05) is 23.2 Å². The lowest BCUT2D eigenvalue weighted by molar-refractivity contribution is 0.154. The molecule has 1 aromatic carbocycles. The second kappa shape index (κ2) is 6.45. The molecule has 0 fully saturated rings. The molecule has 0 aliphatic heterocycles. The Morgan fingerprint density at radius 1 is 1.40 bits per heavy atom. The maximum atomic E-state index is 10.8. The number of hydrogen-bond donors (Lipinski definition) is 1. The van der Waals surface area contributed by atoms with Crippen molar-refractivity contribution in [2.24, 2.45) is 5.16 Å². The molecule has 2 rings (SSSR count). The molecule has 1 heterocycles. The molecule has 104 valence electrons. The minimum Gasteiger partial charge on any atom is -0.464 e. The zero-order chi connectivity index (χ0) is 14.5. The van der Waals surface area contributed by atoms with Crippen LogP contribution in [0.1, 0.15) is 5.56 Å². The Hall–Kier alpha value is -1.98. The van der Waals surface area contributed by atoms with Crippen molar-refractivity contribution < 1.29 is 14.0 Å². The van der Waals surface area contributed by atoms with Crippen LogP contribution in [-0.2, 0) is 4.84 Å². The van der Waals surface area contributed by atoms with Crippen LogP contribution in [0.25, 0.3) is 11.3 Å². The molecule has 0 atom stereocenters. The second-order valence-corrected chi connectivity index (χ2v) is 4.58. The molecule has 5 nitrogen and oxygen atoms in total.